The van der Waals surface area contributed by atoms with Gasteiger partial charge in [-0.15, -0.1) is 0 Å². The lowest BCUT2D eigenvalue weighted by Crippen LogP contribution is -2.31. The topological polar surface area (TPSA) is 89.4 Å². The van der Waals surface area contributed by atoms with Crippen molar-refractivity contribution in [1.82, 2.24) is 9.88 Å². The van der Waals surface area contributed by atoms with E-state index in [0.29, 0.717) is 35.6 Å². The maximum absolute atomic E-state index is 13.8. The molecule has 1 amide bonds. The Morgan fingerprint density at radius 1 is 0.956 bits per heavy atom. The van der Waals surface area contributed by atoms with E-state index in [9.17, 15) is 22.8 Å². The van der Waals surface area contributed by atoms with Gasteiger partial charge in [0.1, 0.15) is 28.8 Å². The molecule has 0 bridgehead atoms. The number of fused-ring (bicyclic) bond motifs is 1. The average molecular weight is 610 g/mol. The number of anilines is 1. The summed E-state index contributed by atoms with van der Waals surface area (Å²) in [5, 5.41) is 0.825. The molecule has 1 saturated carbocycles. The fourth-order valence-corrected chi connectivity index (χ4v) is 6.22. The summed E-state index contributed by atoms with van der Waals surface area (Å²) in [5.41, 5.74) is 10.9. The van der Waals surface area contributed by atoms with Crippen LogP contribution in [0.15, 0.2) is 89.5 Å². The Labute approximate surface area is 257 Å². The number of aromatic nitrogens is 1. The second kappa shape index (κ2) is 11.2. The van der Waals surface area contributed by atoms with Crippen LogP contribution in [-0.4, -0.2) is 40.6 Å². The summed E-state index contributed by atoms with van der Waals surface area (Å²) in [6, 6.07) is 22.6. The average Bonchev–Trinajstić information content (AvgIpc) is 3.60. The van der Waals surface area contributed by atoms with Crippen LogP contribution in [-0.2, 0) is 11.2 Å². The third-order valence-electron chi connectivity index (χ3n) is 8.80. The van der Waals surface area contributed by atoms with Crippen molar-refractivity contribution < 1.29 is 27.2 Å². The van der Waals surface area contributed by atoms with Crippen molar-refractivity contribution in [3.63, 3.8) is 0 Å². The van der Waals surface area contributed by atoms with E-state index in [1.807, 2.05) is 24.3 Å². The zero-order chi connectivity index (χ0) is 31.3. The molecular weight excluding hydrogens is 579 g/mol. The zero-order valence-electron chi connectivity index (χ0n) is 24.3. The Morgan fingerprint density at radius 2 is 1.71 bits per heavy atom. The highest BCUT2D eigenvalue weighted by molar-refractivity contribution is 5.98. The highest BCUT2D eigenvalue weighted by Gasteiger charge is 2.43. The largest absolute Gasteiger partial charge is 0.460 e. The van der Waals surface area contributed by atoms with Gasteiger partial charge in [0, 0.05) is 54.4 Å². The van der Waals surface area contributed by atoms with E-state index in [2.05, 4.69) is 4.98 Å². The number of furan rings is 1. The Balaban J connectivity index is 1.13. The van der Waals surface area contributed by atoms with Crippen LogP contribution >= 0.6 is 0 Å². The van der Waals surface area contributed by atoms with Crippen LogP contribution in [0.2, 0.25) is 0 Å². The third kappa shape index (κ3) is 5.94. The van der Waals surface area contributed by atoms with E-state index in [0.717, 1.165) is 39.6 Å². The van der Waals surface area contributed by atoms with Crippen LogP contribution in [0.4, 0.5) is 19.0 Å². The molecule has 6 nitrogen and oxygen atoms in total. The molecule has 3 heterocycles. The van der Waals surface area contributed by atoms with E-state index in [1.165, 1.54) is 17.0 Å². The number of halogens is 3. The number of pyridine rings is 1. The van der Waals surface area contributed by atoms with Gasteiger partial charge in [-0.1, -0.05) is 30.3 Å². The molecule has 0 unspecified atom stereocenters. The number of rotatable bonds is 8. The smallest absolute Gasteiger partial charge is 0.267 e. The van der Waals surface area contributed by atoms with Crippen molar-refractivity contribution in [2.75, 3.05) is 18.8 Å². The number of ketones is 1. The van der Waals surface area contributed by atoms with Gasteiger partial charge < -0.3 is 15.1 Å². The second-order valence-corrected chi connectivity index (χ2v) is 12.0. The van der Waals surface area contributed by atoms with Gasteiger partial charge in [-0.05, 0) is 83.1 Å². The van der Waals surface area contributed by atoms with Crippen LogP contribution in [0.25, 0.3) is 33.2 Å². The summed E-state index contributed by atoms with van der Waals surface area (Å²) in [4.78, 5) is 31.1. The summed E-state index contributed by atoms with van der Waals surface area (Å²) in [7, 11) is 0. The number of nitrogens with zero attached hydrogens (tertiary/aromatic N) is 2. The summed E-state index contributed by atoms with van der Waals surface area (Å²) in [6.45, 7) is -0.540. The molecule has 9 heteroatoms. The van der Waals surface area contributed by atoms with Crippen LogP contribution < -0.4 is 5.73 Å². The van der Waals surface area contributed by atoms with E-state index in [1.54, 1.807) is 48.7 Å². The number of likely N-dealkylation sites (tertiary alicyclic amines) is 1. The Morgan fingerprint density at radius 3 is 2.40 bits per heavy atom. The number of benzene rings is 3. The normalized spacial score (nSPS) is 18.8. The molecule has 45 heavy (non-hydrogen) atoms. The SMILES string of the molecule is Nc1ccc([C@H]2C[C@@H]2C(=O)CCc2cc3cc(-c4ccc(C(=O)N5CCC(F)(F)C5)cc4)cc(-c4ccc(F)cc4)c3o2)cn1. The molecule has 2 aromatic heterocycles. The quantitative estimate of drug-likeness (QED) is 0.195. The van der Waals surface area contributed by atoms with Gasteiger partial charge in [0.25, 0.3) is 11.8 Å². The molecule has 1 saturated heterocycles. The van der Waals surface area contributed by atoms with Crippen molar-refractivity contribution in [1.29, 1.82) is 0 Å². The minimum Gasteiger partial charge on any atom is -0.460 e. The lowest BCUT2D eigenvalue weighted by Gasteiger charge is -2.16. The highest BCUT2D eigenvalue weighted by atomic mass is 19.3. The number of amides is 1. The maximum Gasteiger partial charge on any atom is 0.267 e. The molecule has 1 aliphatic heterocycles. The van der Waals surface area contributed by atoms with Crippen LogP contribution in [0.5, 0.6) is 0 Å². The first-order valence-corrected chi connectivity index (χ1v) is 15.0. The summed E-state index contributed by atoms with van der Waals surface area (Å²) < 4.78 is 47.4. The first-order valence-electron chi connectivity index (χ1n) is 15.0. The molecule has 7 rings (SSSR count). The van der Waals surface area contributed by atoms with Gasteiger partial charge in [-0.25, -0.2) is 18.2 Å². The fraction of sp³-hybridized carbons (Fsp3) is 0.250. The predicted octanol–water partition coefficient (Wildman–Crippen LogP) is 7.67. The van der Waals surface area contributed by atoms with Crippen molar-refractivity contribution in [2.24, 2.45) is 5.92 Å². The fourth-order valence-electron chi connectivity index (χ4n) is 6.22. The van der Waals surface area contributed by atoms with Gasteiger partial charge in [0.05, 0.1) is 6.54 Å². The van der Waals surface area contributed by atoms with Crippen LogP contribution in [0.1, 0.15) is 46.9 Å². The van der Waals surface area contributed by atoms with Crippen LogP contribution in [0, 0.1) is 11.7 Å². The van der Waals surface area contributed by atoms with E-state index >= 15 is 0 Å². The maximum atomic E-state index is 13.8. The minimum absolute atomic E-state index is 0.0288. The monoisotopic (exact) mass is 609 g/mol. The number of Topliss-reactive ketones (excluding diaryl/α,β-unsaturated/α-hetero) is 1. The number of alkyl halides is 2. The van der Waals surface area contributed by atoms with Gasteiger partial charge >= 0.3 is 0 Å². The summed E-state index contributed by atoms with van der Waals surface area (Å²) in [6.07, 6.45) is 3.01. The molecule has 3 aromatic carbocycles. The van der Waals surface area contributed by atoms with Crippen molar-refractivity contribution in [3.8, 4) is 22.3 Å². The summed E-state index contributed by atoms with van der Waals surface area (Å²) in [5.74, 6) is -2.17. The molecule has 5 aromatic rings. The number of nitrogen functional groups attached to an aromatic ring is 1. The van der Waals surface area contributed by atoms with Crippen molar-refractivity contribution >= 4 is 28.5 Å². The molecule has 2 atom stereocenters. The highest BCUT2D eigenvalue weighted by Crippen LogP contribution is 2.48. The molecule has 2 aliphatic rings. The number of carbonyl (C=O) groups is 2. The number of hydrogen-bond acceptors (Lipinski definition) is 5. The lowest BCUT2D eigenvalue weighted by atomic mass is 9.96. The van der Waals surface area contributed by atoms with Crippen molar-refractivity contribution in [3.05, 3.63) is 108 Å². The first-order chi connectivity index (χ1) is 21.6. The van der Waals surface area contributed by atoms with Gasteiger partial charge in [0.15, 0.2) is 0 Å². The second-order valence-electron chi connectivity index (χ2n) is 12.0. The molecule has 228 valence electrons. The van der Waals surface area contributed by atoms with E-state index in [4.69, 9.17) is 10.2 Å². The minimum atomic E-state index is -2.85. The molecule has 1 aliphatic carbocycles. The Hall–Kier alpha value is -4.92. The Bertz CT molecular complexity index is 1900. The van der Waals surface area contributed by atoms with Gasteiger partial charge in [-0.3, -0.25) is 9.59 Å². The predicted molar refractivity (Wildman–Crippen MR) is 165 cm³/mol. The molecule has 2 fully saturated rings. The third-order valence-corrected chi connectivity index (χ3v) is 8.80. The van der Waals surface area contributed by atoms with Crippen molar-refractivity contribution in [2.45, 2.75) is 37.5 Å². The van der Waals surface area contributed by atoms with Gasteiger partial charge in [-0.2, -0.15) is 0 Å². The number of carbonyl (C=O) groups excluding carboxylic acids is 2. The molecule has 0 radical (unpaired) electrons. The van der Waals surface area contributed by atoms with Gasteiger partial charge in [0.2, 0.25) is 0 Å². The molecular formula is C36H30F3N3O3. The number of nitrogens with two attached hydrogens (primary N) is 1. The molecule has 2 N–H and O–H groups in total. The first kappa shape index (κ1) is 28.8. The lowest BCUT2D eigenvalue weighted by molar-refractivity contribution is -0.120. The van der Waals surface area contributed by atoms with Crippen LogP contribution in [0.3, 0.4) is 0 Å². The molecule has 0 spiro atoms. The van der Waals surface area contributed by atoms with E-state index < -0.39 is 18.4 Å². The Kier molecular flexibility index (Phi) is 7.19. The van der Waals surface area contributed by atoms with E-state index in [-0.39, 0.29) is 36.4 Å². The number of aryl methyl sites for hydroxylation is 1. The number of hydrogen-bond donors (Lipinski definition) is 1. The summed E-state index contributed by atoms with van der Waals surface area (Å²) >= 11 is 0. The zero-order valence-corrected chi connectivity index (χ0v) is 24.3. The standard InChI is InChI=1S/C36H30F3N3O3/c37-27-8-5-22(6-9-27)30-17-25(21-1-3-23(4-2-21)35(44)42-14-13-36(38,39)20-42)15-26-16-28(45-34(26)30)10-11-32(43)31-18-29(31)24-7-12-33(40)41-19-24/h1-9,12,15-17,19,29,31H,10-11,13-14,18,20H2,(H2,40,41)/t29-,31+/m1/s1.